The molecule has 0 spiro atoms. The molecule has 0 radical (unpaired) electrons. The Hall–Kier alpha value is -3.36. The lowest BCUT2D eigenvalue weighted by molar-refractivity contribution is 0.0973. The van der Waals surface area contributed by atoms with Crippen LogP contribution in [-0.4, -0.2) is 31.3 Å². The molecule has 25 heavy (non-hydrogen) atoms. The maximum absolute atomic E-state index is 12.6. The van der Waals surface area contributed by atoms with Crippen molar-refractivity contribution >= 4 is 16.9 Å². The summed E-state index contributed by atoms with van der Waals surface area (Å²) in [5.74, 6) is 0.890. The SMILES string of the molecule is Cn1c(=O)c2c(ncn2CC(=O)c2ccc3c(c2)OCO3)n(C)c1=O. The van der Waals surface area contributed by atoms with Crippen LogP contribution in [-0.2, 0) is 20.6 Å². The van der Waals surface area contributed by atoms with Crippen molar-refractivity contribution in [2.45, 2.75) is 6.54 Å². The average molecular weight is 342 g/mol. The number of nitrogens with zero attached hydrogens (tertiary/aromatic N) is 4. The molecule has 0 bridgehead atoms. The minimum Gasteiger partial charge on any atom is -0.454 e. The monoisotopic (exact) mass is 342 g/mol. The number of imidazole rings is 1. The quantitative estimate of drug-likeness (QED) is 0.624. The van der Waals surface area contributed by atoms with Gasteiger partial charge in [-0.1, -0.05) is 0 Å². The first kappa shape index (κ1) is 15.2. The topological polar surface area (TPSA) is 97.3 Å². The van der Waals surface area contributed by atoms with Gasteiger partial charge in [0, 0.05) is 19.7 Å². The van der Waals surface area contributed by atoms with Crippen LogP contribution >= 0.6 is 0 Å². The third-order valence-corrected chi connectivity index (χ3v) is 4.23. The number of rotatable bonds is 3. The Bertz CT molecular complexity index is 1140. The number of hydrogen-bond donors (Lipinski definition) is 0. The van der Waals surface area contributed by atoms with Crippen molar-refractivity contribution in [2.75, 3.05) is 6.79 Å². The van der Waals surface area contributed by atoms with Gasteiger partial charge in [-0.25, -0.2) is 9.78 Å². The first-order valence-corrected chi connectivity index (χ1v) is 7.51. The lowest BCUT2D eigenvalue weighted by Crippen LogP contribution is -2.37. The van der Waals surface area contributed by atoms with Gasteiger partial charge in [-0.3, -0.25) is 18.7 Å². The molecule has 3 aromatic rings. The molecule has 4 rings (SSSR count). The summed E-state index contributed by atoms with van der Waals surface area (Å²) in [5.41, 5.74) is -0.0723. The molecule has 0 aliphatic carbocycles. The lowest BCUT2D eigenvalue weighted by Gasteiger charge is -2.07. The zero-order chi connectivity index (χ0) is 17.7. The molecule has 0 saturated heterocycles. The smallest absolute Gasteiger partial charge is 0.332 e. The van der Waals surface area contributed by atoms with E-state index in [1.54, 1.807) is 18.2 Å². The van der Waals surface area contributed by atoms with E-state index in [1.807, 2.05) is 0 Å². The predicted octanol–water partition coefficient (Wildman–Crippen LogP) is 0.0453. The zero-order valence-electron chi connectivity index (χ0n) is 13.6. The second kappa shape index (κ2) is 5.33. The highest BCUT2D eigenvalue weighted by Crippen LogP contribution is 2.32. The van der Waals surface area contributed by atoms with Gasteiger partial charge in [0.1, 0.15) is 0 Å². The van der Waals surface area contributed by atoms with E-state index in [0.29, 0.717) is 17.1 Å². The molecule has 128 valence electrons. The number of Topliss-reactive ketones (excluding diaryl/α,β-unsaturated/α-hetero) is 1. The highest BCUT2D eigenvalue weighted by atomic mass is 16.7. The van der Waals surface area contributed by atoms with Crippen LogP contribution in [0.3, 0.4) is 0 Å². The molecule has 1 aromatic carbocycles. The molecule has 9 nitrogen and oxygen atoms in total. The predicted molar refractivity (Wildman–Crippen MR) is 87.1 cm³/mol. The molecule has 3 heterocycles. The van der Waals surface area contributed by atoms with E-state index in [2.05, 4.69) is 4.98 Å². The van der Waals surface area contributed by atoms with Gasteiger partial charge in [-0.2, -0.15) is 0 Å². The maximum atomic E-state index is 12.6. The van der Waals surface area contributed by atoms with Crippen LogP contribution in [0.25, 0.3) is 11.2 Å². The number of fused-ring (bicyclic) bond motifs is 2. The van der Waals surface area contributed by atoms with Gasteiger partial charge in [0.05, 0.1) is 12.9 Å². The number of ketones is 1. The van der Waals surface area contributed by atoms with Gasteiger partial charge in [-0.15, -0.1) is 0 Å². The van der Waals surface area contributed by atoms with Crippen LogP contribution < -0.4 is 20.7 Å². The van der Waals surface area contributed by atoms with E-state index in [9.17, 15) is 14.4 Å². The summed E-state index contributed by atoms with van der Waals surface area (Å²) in [6.07, 6.45) is 1.39. The molecule has 2 aromatic heterocycles. The second-order valence-electron chi connectivity index (χ2n) is 5.74. The highest BCUT2D eigenvalue weighted by Gasteiger charge is 2.19. The Labute approximate surface area is 140 Å². The molecule has 0 fully saturated rings. The Morgan fingerprint density at radius 3 is 2.72 bits per heavy atom. The van der Waals surface area contributed by atoms with E-state index in [4.69, 9.17) is 9.47 Å². The Morgan fingerprint density at radius 2 is 1.92 bits per heavy atom. The Balaban J connectivity index is 1.75. The van der Waals surface area contributed by atoms with Crippen molar-refractivity contribution in [3.63, 3.8) is 0 Å². The maximum Gasteiger partial charge on any atom is 0.332 e. The zero-order valence-corrected chi connectivity index (χ0v) is 13.6. The molecule has 0 saturated carbocycles. The minimum absolute atomic E-state index is 0.0798. The summed E-state index contributed by atoms with van der Waals surface area (Å²) in [7, 11) is 2.92. The van der Waals surface area contributed by atoms with Gasteiger partial charge in [-0.05, 0) is 18.2 Å². The fourth-order valence-corrected chi connectivity index (χ4v) is 2.83. The summed E-state index contributed by atoms with van der Waals surface area (Å²) >= 11 is 0. The van der Waals surface area contributed by atoms with Crippen molar-refractivity contribution < 1.29 is 14.3 Å². The molecule has 0 N–H and O–H groups in total. The Kier molecular flexibility index (Phi) is 3.24. The Morgan fingerprint density at radius 1 is 1.16 bits per heavy atom. The highest BCUT2D eigenvalue weighted by molar-refractivity contribution is 5.97. The molecular formula is C16H14N4O5. The number of carbonyl (C=O) groups excluding carboxylic acids is 1. The van der Waals surface area contributed by atoms with Crippen LogP contribution in [0.1, 0.15) is 10.4 Å². The van der Waals surface area contributed by atoms with Crippen LogP contribution in [0.4, 0.5) is 0 Å². The summed E-state index contributed by atoms with van der Waals surface area (Å²) < 4.78 is 14.2. The number of ether oxygens (including phenoxy) is 2. The van der Waals surface area contributed by atoms with Crippen LogP contribution in [0.2, 0.25) is 0 Å². The molecule has 1 aliphatic heterocycles. The van der Waals surface area contributed by atoms with Gasteiger partial charge in [0.25, 0.3) is 5.56 Å². The van der Waals surface area contributed by atoms with E-state index < -0.39 is 11.2 Å². The second-order valence-corrected chi connectivity index (χ2v) is 5.74. The molecule has 0 atom stereocenters. The number of aryl methyl sites for hydroxylation is 1. The molecule has 9 heteroatoms. The van der Waals surface area contributed by atoms with Crippen molar-refractivity contribution in [1.29, 1.82) is 0 Å². The van der Waals surface area contributed by atoms with Crippen molar-refractivity contribution in [3.8, 4) is 11.5 Å². The van der Waals surface area contributed by atoms with Gasteiger partial charge in [0.15, 0.2) is 28.4 Å². The third kappa shape index (κ3) is 2.24. The molecule has 1 aliphatic rings. The lowest BCUT2D eigenvalue weighted by atomic mass is 10.1. The van der Waals surface area contributed by atoms with E-state index in [0.717, 1.165) is 4.57 Å². The molecule has 0 unspecified atom stereocenters. The molecule has 0 amide bonds. The van der Waals surface area contributed by atoms with Crippen LogP contribution in [0.15, 0.2) is 34.1 Å². The minimum atomic E-state index is -0.492. The summed E-state index contributed by atoms with van der Waals surface area (Å²) in [5, 5.41) is 0. The summed E-state index contributed by atoms with van der Waals surface area (Å²) in [4.78, 5) is 41.0. The van der Waals surface area contributed by atoms with Crippen molar-refractivity contribution in [3.05, 3.63) is 50.9 Å². The number of hydrogen-bond acceptors (Lipinski definition) is 6. The number of benzene rings is 1. The molecular weight excluding hydrogens is 328 g/mol. The van der Waals surface area contributed by atoms with E-state index in [-0.39, 0.29) is 30.3 Å². The number of aromatic nitrogens is 4. The van der Waals surface area contributed by atoms with Crippen molar-refractivity contribution in [2.24, 2.45) is 14.1 Å². The van der Waals surface area contributed by atoms with Crippen molar-refractivity contribution in [1.82, 2.24) is 18.7 Å². The summed E-state index contributed by atoms with van der Waals surface area (Å²) in [6, 6.07) is 4.92. The van der Waals surface area contributed by atoms with Gasteiger partial charge in [0.2, 0.25) is 6.79 Å². The fourth-order valence-electron chi connectivity index (χ4n) is 2.83. The van der Waals surface area contributed by atoms with Crippen LogP contribution in [0.5, 0.6) is 11.5 Å². The van der Waals surface area contributed by atoms with E-state index in [1.165, 1.54) is 29.6 Å². The fraction of sp³-hybridized carbons (Fsp3) is 0.250. The number of carbonyl (C=O) groups is 1. The normalized spacial score (nSPS) is 12.7. The van der Waals surface area contributed by atoms with Gasteiger partial charge < -0.3 is 14.0 Å². The largest absolute Gasteiger partial charge is 0.454 e. The van der Waals surface area contributed by atoms with Gasteiger partial charge >= 0.3 is 5.69 Å². The van der Waals surface area contributed by atoms with Crippen LogP contribution in [0, 0.1) is 0 Å². The van der Waals surface area contributed by atoms with E-state index >= 15 is 0 Å². The standard InChI is InChI=1S/C16H14N4O5/c1-18-14-13(15(22)19(2)16(18)23)20(7-17-14)6-10(21)9-3-4-11-12(5-9)25-8-24-11/h3-5,7H,6,8H2,1-2H3. The first-order chi connectivity index (χ1) is 12.0. The first-order valence-electron chi connectivity index (χ1n) is 7.51. The average Bonchev–Trinajstić information content (AvgIpc) is 3.24. The third-order valence-electron chi connectivity index (χ3n) is 4.23. The summed E-state index contributed by atoms with van der Waals surface area (Å²) in [6.45, 7) is 0.0484.